The molecule has 0 spiro atoms. The molecule has 0 saturated heterocycles. The van der Waals surface area contributed by atoms with Crippen molar-refractivity contribution in [2.45, 2.75) is 13.1 Å². The molecular weight excluding hydrogens is 232 g/mol. The van der Waals surface area contributed by atoms with Crippen molar-refractivity contribution in [3.05, 3.63) is 53.9 Å². The lowest BCUT2D eigenvalue weighted by Crippen LogP contribution is -2.17. The summed E-state index contributed by atoms with van der Waals surface area (Å²) in [6, 6.07) is 5.64. The van der Waals surface area contributed by atoms with Gasteiger partial charge in [0.25, 0.3) is 0 Å². The first kappa shape index (κ1) is 12.1. The maximum absolute atomic E-state index is 10.9. The maximum atomic E-state index is 10.9. The molecule has 0 saturated carbocycles. The molecule has 92 valence electrons. The van der Waals surface area contributed by atoms with Crippen molar-refractivity contribution in [2.75, 3.05) is 0 Å². The van der Waals surface area contributed by atoms with Crippen molar-refractivity contribution < 1.29 is 9.90 Å². The molecule has 2 heterocycles. The molecule has 0 unspecified atom stereocenters. The smallest absolute Gasteiger partial charge is 0.339 e. The summed E-state index contributed by atoms with van der Waals surface area (Å²) in [6.07, 6.45) is 4.35. The second kappa shape index (κ2) is 5.83. The highest BCUT2D eigenvalue weighted by atomic mass is 16.4. The summed E-state index contributed by atoms with van der Waals surface area (Å²) in [4.78, 5) is 22.7. The molecule has 0 fully saturated rings. The van der Waals surface area contributed by atoms with Crippen LogP contribution < -0.4 is 5.32 Å². The Balaban J connectivity index is 1.97. The van der Waals surface area contributed by atoms with E-state index in [9.17, 15) is 4.79 Å². The number of carbonyl (C=O) groups is 1. The van der Waals surface area contributed by atoms with Gasteiger partial charge < -0.3 is 10.4 Å². The fraction of sp³-hybridized carbons (Fsp3) is 0.167. The molecule has 2 rings (SSSR count). The Hall–Kier alpha value is -2.34. The van der Waals surface area contributed by atoms with E-state index < -0.39 is 5.97 Å². The largest absolute Gasteiger partial charge is 0.478 e. The number of hydrogen-bond donors (Lipinski definition) is 2. The Bertz CT molecular complexity index is 531. The molecule has 0 amide bonds. The Morgan fingerprint density at radius 2 is 2.17 bits per heavy atom. The minimum Gasteiger partial charge on any atom is -0.478 e. The van der Waals surface area contributed by atoms with E-state index in [4.69, 9.17) is 5.11 Å². The molecule has 0 atom stereocenters. The van der Waals surface area contributed by atoms with Crippen molar-refractivity contribution in [1.29, 1.82) is 0 Å². The van der Waals surface area contributed by atoms with Crippen LogP contribution >= 0.6 is 0 Å². The number of aromatic carboxylic acids is 1. The average Bonchev–Trinajstić information content (AvgIpc) is 2.40. The lowest BCUT2D eigenvalue weighted by Gasteiger charge is -2.05. The molecule has 0 aliphatic carbocycles. The summed E-state index contributed by atoms with van der Waals surface area (Å²) in [5.74, 6) is -1.02. The van der Waals surface area contributed by atoms with Crippen LogP contribution in [0.3, 0.4) is 0 Å². The highest BCUT2D eigenvalue weighted by Crippen LogP contribution is 2.03. The summed E-state index contributed by atoms with van der Waals surface area (Å²) >= 11 is 0. The quantitative estimate of drug-likeness (QED) is 0.811. The van der Waals surface area contributed by atoms with Crippen molar-refractivity contribution in [3.8, 4) is 0 Å². The first-order valence-corrected chi connectivity index (χ1v) is 5.40. The molecule has 2 aromatic rings. The van der Waals surface area contributed by atoms with Gasteiger partial charge >= 0.3 is 5.97 Å². The van der Waals surface area contributed by atoms with Crippen molar-refractivity contribution >= 4 is 5.97 Å². The Labute approximate surface area is 104 Å². The van der Waals surface area contributed by atoms with Crippen LogP contribution in [0.1, 0.15) is 21.7 Å². The third-order valence-corrected chi connectivity index (χ3v) is 2.35. The number of aromatic nitrogens is 3. The van der Waals surface area contributed by atoms with Crippen molar-refractivity contribution in [2.24, 2.45) is 0 Å². The van der Waals surface area contributed by atoms with E-state index in [0.717, 1.165) is 5.69 Å². The number of pyridine rings is 1. The lowest BCUT2D eigenvalue weighted by atomic mass is 10.2. The molecule has 2 aromatic heterocycles. The minimum atomic E-state index is -1.02. The van der Waals surface area contributed by atoms with Crippen molar-refractivity contribution in [1.82, 2.24) is 20.3 Å². The first-order valence-electron chi connectivity index (χ1n) is 5.40. The Morgan fingerprint density at radius 3 is 2.89 bits per heavy atom. The molecule has 18 heavy (non-hydrogen) atoms. The van der Waals surface area contributed by atoms with E-state index in [2.05, 4.69) is 20.3 Å². The van der Waals surface area contributed by atoms with Crippen LogP contribution in [0, 0.1) is 0 Å². The van der Waals surface area contributed by atoms with Gasteiger partial charge in [0, 0.05) is 25.5 Å². The Morgan fingerprint density at radius 1 is 1.28 bits per heavy atom. The summed E-state index contributed by atoms with van der Waals surface area (Å²) in [5, 5.41) is 12.1. The van der Waals surface area contributed by atoms with E-state index in [1.54, 1.807) is 6.20 Å². The molecular formula is C12H12N4O2. The van der Waals surface area contributed by atoms with E-state index in [0.29, 0.717) is 18.8 Å². The summed E-state index contributed by atoms with van der Waals surface area (Å²) in [6.45, 7) is 0.921. The zero-order valence-electron chi connectivity index (χ0n) is 9.58. The molecule has 0 aromatic carbocycles. The highest BCUT2D eigenvalue weighted by molar-refractivity contribution is 5.88. The Kier molecular flexibility index (Phi) is 3.93. The third kappa shape index (κ3) is 3.08. The summed E-state index contributed by atoms with van der Waals surface area (Å²) in [7, 11) is 0. The zero-order chi connectivity index (χ0) is 12.8. The number of carboxylic acid groups (broad SMARTS) is 1. The monoisotopic (exact) mass is 244 g/mol. The molecule has 0 aliphatic rings. The van der Waals surface area contributed by atoms with E-state index in [1.165, 1.54) is 12.5 Å². The number of nitrogens with one attached hydrogen (secondary N) is 1. The number of carboxylic acids is 1. The second-order valence-corrected chi connectivity index (χ2v) is 3.61. The average molecular weight is 244 g/mol. The molecule has 6 heteroatoms. The van der Waals surface area contributed by atoms with Gasteiger partial charge in [-0.2, -0.15) is 0 Å². The van der Waals surface area contributed by atoms with Crippen LogP contribution in [0.15, 0.2) is 36.9 Å². The first-order chi connectivity index (χ1) is 8.77. The predicted octanol–water partition coefficient (Wildman–Crippen LogP) is 0.860. The molecule has 0 radical (unpaired) electrons. The van der Waals surface area contributed by atoms with Gasteiger partial charge in [0.1, 0.15) is 11.9 Å². The zero-order valence-corrected chi connectivity index (χ0v) is 9.58. The lowest BCUT2D eigenvalue weighted by molar-refractivity contribution is 0.0694. The predicted molar refractivity (Wildman–Crippen MR) is 63.8 cm³/mol. The SMILES string of the molecule is O=C(O)c1cncnc1CNCc1ccccn1. The number of hydrogen-bond acceptors (Lipinski definition) is 5. The highest BCUT2D eigenvalue weighted by Gasteiger charge is 2.10. The second-order valence-electron chi connectivity index (χ2n) is 3.61. The summed E-state index contributed by atoms with van der Waals surface area (Å²) in [5.41, 5.74) is 1.47. The van der Waals surface area contributed by atoms with Crippen LogP contribution in [0.25, 0.3) is 0 Å². The van der Waals surface area contributed by atoms with Gasteiger partial charge in [-0.15, -0.1) is 0 Å². The minimum absolute atomic E-state index is 0.117. The molecule has 0 bridgehead atoms. The van der Waals surface area contributed by atoms with Gasteiger partial charge in [-0.1, -0.05) is 6.07 Å². The molecule has 0 aliphatic heterocycles. The van der Waals surface area contributed by atoms with Crippen LogP contribution in [0.2, 0.25) is 0 Å². The van der Waals surface area contributed by atoms with Crippen LogP contribution in [0.4, 0.5) is 0 Å². The van der Waals surface area contributed by atoms with E-state index in [-0.39, 0.29) is 5.56 Å². The van der Waals surface area contributed by atoms with Gasteiger partial charge in [-0.05, 0) is 12.1 Å². The van der Waals surface area contributed by atoms with Crippen LogP contribution in [0.5, 0.6) is 0 Å². The van der Waals surface area contributed by atoms with Gasteiger partial charge in [-0.25, -0.2) is 14.8 Å². The normalized spacial score (nSPS) is 10.2. The molecule has 6 nitrogen and oxygen atoms in total. The van der Waals surface area contributed by atoms with E-state index in [1.807, 2.05) is 18.2 Å². The van der Waals surface area contributed by atoms with Crippen LogP contribution in [-0.4, -0.2) is 26.0 Å². The number of nitrogens with zero attached hydrogens (tertiary/aromatic N) is 3. The topological polar surface area (TPSA) is 88.0 Å². The molecule has 2 N–H and O–H groups in total. The maximum Gasteiger partial charge on any atom is 0.339 e. The van der Waals surface area contributed by atoms with Gasteiger partial charge in [0.05, 0.1) is 11.4 Å². The summed E-state index contributed by atoms with van der Waals surface area (Å²) < 4.78 is 0. The fourth-order valence-electron chi connectivity index (χ4n) is 1.49. The van der Waals surface area contributed by atoms with Gasteiger partial charge in [0.15, 0.2) is 0 Å². The van der Waals surface area contributed by atoms with E-state index >= 15 is 0 Å². The fourth-order valence-corrected chi connectivity index (χ4v) is 1.49. The number of rotatable bonds is 5. The van der Waals surface area contributed by atoms with Crippen molar-refractivity contribution in [3.63, 3.8) is 0 Å². The third-order valence-electron chi connectivity index (χ3n) is 2.35. The van der Waals surface area contributed by atoms with Crippen LogP contribution in [-0.2, 0) is 13.1 Å². The standard InChI is InChI=1S/C12H12N4O2/c17-12(18)10-6-14-8-16-11(10)7-13-5-9-3-1-2-4-15-9/h1-4,6,8,13H,5,7H2,(H,17,18). The van der Waals surface area contributed by atoms with Gasteiger partial charge in [0.2, 0.25) is 0 Å². The van der Waals surface area contributed by atoms with Gasteiger partial charge in [-0.3, -0.25) is 4.98 Å².